The van der Waals surface area contributed by atoms with Crippen molar-refractivity contribution in [3.63, 3.8) is 0 Å². The first-order chi connectivity index (χ1) is 11.7. The Kier molecular flexibility index (Phi) is 4.13. The first-order valence-corrected chi connectivity index (χ1v) is 8.67. The van der Waals surface area contributed by atoms with Crippen LogP contribution in [0.5, 0.6) is 0 Å². The van der Waals surface area contributed by atoms with Crippen molar-refractivity contribution in [2.45, 2.75) is 70.0 Å². The highest BCUT2D eigenvalue weighted by molar-refractivity contribution is 7.80. The van der Waals surface area contributed by atoms with Gasteiger partial charge in [-0.2, -0.15) is 0 Å². The maximum absolute atomic E-state index is 6.07. The molecule has 8 nitrogen and oxygen atoms in total. The van der Waals surface area contributed by atoms with Gasteiger partial charge < -0.3 is 28.4 Å². The predicted molar refractivity (Wildman–Crippen MR) is 88.7 cm³/mol. The third-order valence-corrected chi connectivity index (χ3v) is 4.68. The topological polar surface area (TPSA) is 73.2 Å². The Balaban J connectivity index is 1.55. The summed E-state index contributed by atoms with van der Waals surface area (Å²) >= 11 is 5.38. The van der Waals surface area contributed by atoms with Crippen LogP contribution in [0, 0.1) is 0 Å². The number of thiocarbonyl (C=S) groups is 1. The lowest BCUT2D eigenvalue weighted by molar-refractivity contribution is -0.231. The normalized spacial score (nSPS) is 38.6. The van der Waals surface area contributed by atoms with Gasteiger partial charge in [-0.1, -0.05) is 0 Å². The molecule has 0 saturated carbocycles. The molecule has 25 heavy (non-hydrogen) atoms. The van der Waals surface area contributed by atoms with E-state index in [4.69, 9.17) is 40.6 Å². The Morgan fingerprint density at radius 2 is 1.96 bits per heavy atom. The van der Waals surface area contributed by atoms with Crippen LogP contribution < -0.4 is 0 Å². The van der Waals surface area contributed by atoms with Crippen molar-refractivity contribution in [2.24, 2.45) is 0 Å². The fourth-order valence-electron chi connectivity index (χ4n) is 3.36. The largest absolute Gasteiger partial charge is 0.461 e. The van der Waals surface area contributed by atoms with Gasteiger partial charge in [0.2, 0.25) is 0 Å². The first kappa shape index (κ1) is 17.3. The van der Waals surface area contributed by atoms with E-state index >= 15 is 0 Å². The number of hydrogen-bond donors (Lipinski definition) is 0. The molecule has 3 aliphatic rings. The second-order valence-electron chi connectivity index (χ2n) is 7.25. The summed E-state index contributed by atoms with van der Waals surface area (Å²) in [4.78, 5) is 3.99. The molecule has 0 amide bonds. The van der Waals surface area contributed by atoms with Crippen molar-refractivity contribution in [3.8, 4) is 0 Å². The van der Waals surface area contributed by atoms with Crippen molar-refractivity contribution in [3.05, 3.63) is 18.7 Å². The number of fused-ring (bicyclic) bond motifs is 1. The Bertz CT molecular complexity index is 649. The number of ether oxygens (including phenoxy) is 6. The summed E-state index contributed by atoms with van der Waals surface area (Å²) < 4.78 is 37.2. The number of rotatable bonds is 2. The number of hydrogen-bond acceptors (Lipinski definition) is 8. The smallest absolute Gasteiger partial charge is 0.269 e. The molecule has 0 spiro atoms. The standard InChI is InChI=1S/C16H22N2O6S/c1-15(2)19-7-9(22-15)10-11(21-14(25)18-6-5-17-8-18)12-13(20-10)24-16(3,4)23-12/h5-6,8-13H,7H2,1-4H3/t9?,10-,11+,12-,13-/m1/s1. The van der Waals surface area contributed by atoms with E-state index in [2.05, 4.69) is 4.98 Å². The van der Waals surface area contributed by atoms with Crippen LogP contribution in [0.3, 0.4) is 0 Å². The fraction of sp³-hybridized carbons (Fsp3) is 0.750. The Morgan fingerprint density at radius 3 is 2.60 bits per heavy atom. The molecule has 0 N–H and O–H groups in total. The summed E-state index contributed by atoms with van der Waals surface area (Å²) in [5.41, 5.74) is 0. The summed E-state index contributed by atoms with van der Waals surface area (Å²) in [6, 6.07) is 0. The van der Waals surface area contributed by atoms with E-state index in [1.807, 2.05) is 27.7 Å². The molecule has 3 aliphatic heterocycles. The molecule has 0 aliphatic carbocycles. The molecule has 4 heterocycles. The average Bonchev–Trinajstić information content (AvgIpc) is 3.24. The molecule has 1 aromatic heterocycles. The van der Waals surface area contributed by atoms with Crippen LogP contribution in [0.4, 0.5) is 0 Å². The molecule has 0 aromatic carbocycles. The van der Waals surface area contributed by atoms with E-state index in [1.54, 1.807) is 23.3 Å². The summed E-state index contributed by atoms with van der Waals surface area (Å²) in [7, 11) is 0. The van der Waals surface area contributed by atoms with Crippen LogP contribution in [-0.2, 0) is 28.4 Å². The van der Waals surface area contributed by atoms with Crippen LogP contribution >= 0.6 is 12.2 Å². The van der Waals surface area contributed by atoms with Gasteiger partial charge in [-0.05, 0) is 39.9 Å². The summed E-state index contributed by atoms with van der Waals surface area (Å²) in [6.45, 7) is 7.81. The highest BCUT2D eigenvalue weighted by Gasteiger charge is 2.59. The van der Waals surface area contributed by atoms with Crippen LogP contribution in [0.2, 0.25) is 0 Å². The minimum atomic E-state index is -0.745. The molecule has 1 aromatic rings. The van der Waals surface area contributed by atoms with Gasteiger partial charge in [0.05, 0.1) is 6.61 Å². The molecule has 5 atom stereocenters. The van der Waals surface area contributed by atoms with Crippen LogP contribution in [0.15, 0.2) is 18.7 Å². The van der Waals surface area contributed by atoms with E-state index in [0.29, 0.717) is 6.61 Å². The van der Waals surface area contributed by atoms with E-state index in [0.717, 1.165) is 0 Å². The SMILES string of the molecule is CC1(C)OCC([C@H]2O[C@@H]3OC(C)(C)O[C@@H]3[C@H]2OC(=S)n2ccnc2)O1. The summed E-state index contributed by atoms with van der Waals surface area (Å²) in [5.74, 6) is -1.41. The molecule has 3 saturated heterocycles. The van der Waals surface area contributed by atoms with Gasteiger partial charge in [0.1, 0.15) is 18.5 Å². The van der Waals surface area contributed by atoms with E-state index in [1.165, 1.54) is 0 Å². The lowest BCUT2D eigenvalue weighted by atomic mass is 10.1. The molecular formula is C16H22N2O6S. The number of imidazole rings is 1. The Morgan fingerprint density at radius 1 is 1.16 bits per heavy atom. The average molecular weight is 370 g/mol. The maximum atomic E-state index is 6.07. The molecule has 0 bridgehead atoms. The third-order valence-electron chi connectivity index (χ3n) is 4.38. The third kappa shape index (κ3) is 3.32. The van der Waals surface area contributed by atoms with Crippen LogP contribution in [0.1, 0.15) is 27.7 Å². The Hall–Kier alpha value is -1.10. The van der Waals surface area contributed by atoms with Gasteiger partial charge in [0, 0.05) is 12.4 Å². The van der Waals surface area contributed by atoms with Crippen molar-refractivity contribution in [2.75, 3.05) is 6.61 Å². The monoisotopic (exact) mass is 370 g/mol. The highest BCUT2D eigenvalue weighted by Crippen LogP contribution is 2.42. The molecule has 9 heteroatoms. The van der Waals surface area contributed by atoms with Crippen LogP contribution in [-0.4, -0.2) is 63.6 Å². The summed E-state index contributed by atoms with van der Waals surface area (Å²) in [5, 5.41) is 0.267. The number of nitrogens with zero attached hydrogens (tertiary/aromatic N) is 2. The molecule has 138 valence electrons. The maximum Gasteiger partial charge on any atom is 0.269 e. The fourth-order valence-corrected chi connectivity index (χ4v) is 3.58. The molecule has 4 rings (SSSR count). The molecule has 3 fully saturated rings. The second-order valence-corrected chi connectivity index (χ2v) is 7.60. The first-order valence-electron chi connectivity index (χ1n) is 8.26. The minimum absolute atomic E-state index is 0.267. The minimum Gasteiger partial charge on any atom is -0.461 e. The van der Waals surface area contributed by atoms with Gasteiger partial charge in [-0.3, -0.25) is 4.57 Å². The second kappa shape index (κ2) is 5.97. The highest BCUT2D eigenvalue weighted by atomic mass is 32.1. The van der Waals surface area contributed by atoms with Gasteiger partial charge in [-0.25, -0.2) is 4.98 Å². The quantitative estimate of drug-likeness (QED) is 0.724. The summed E-state index contributed by atoms with van der Waals surface area (Å²) in [6.07, 6.45) is 2.79. The van der Waals surface area contributed by atoms with E-state index < -0.39 is 36.2 Å². The van der Waals surface area contributed by atoms with Crippen LogP contribution in [0.25, 0.3) is 0 Å². The van der Waals surface area contributed by atoms with Gasteiger partial charge in [-0.15, -0.1) is 0 Å². The van der Waals surface area contributed by atoms with Gasteiger partial charge >= 0.3 is 0 Å². The van der Waals surface area contributed by atoms with Gasteiger partial charge in [0.25, 0.3) is 5.17 Å². The number of aromatic nitrogens is 2. The van der Waals surface area contributed by atoms with E-state index in [-0.39, 0.29) is 11.3 Å². The lowest BCUT2D eigenvalue weighted by Crippen LogP contribution is -2.45. The zero-order valence-electron chi connectivity index (χ0n) is 14.6. The van der Waals surface area contributed by atoms with E-state index in [9.17, 15) is 0 Å². The zero-order valence-corrected chi connectivity index (χ0v) is 15.4. The molecule has 0 radical (unpaired) electrons. The van der Waals surface area contributed by atoms with Crippen molar-refractivity contribution in [1.82, 2.24) is 9.55 Å². The van der Waals surface area contributed by atoms with Crippen molar-refractivity contribution in [1.29, 1.82) is 0 Å². The predicted octanol–water partition coefficient (Wildman–Crippen LogP) is 1.43. The lowest BCUT2D eigenvalue weighted by Gasteiger charge is -2.29. The Labute approximate surface area is 151 Å². The zero-order chi connectivity index (χ0) is 17.8. The van der Waals surface area contributed by atoms with Gasteiger partial charge in [0.15, 0.2) is 30.1 Å². The van der Waals surface area contributed by atoms with Crippen molar-refractivity contribution < 1.29 is 28.4 Å². The van der Waals surface area contributed by atoms with Crippen molar-refractivity contribution >= 4 is 17.4 Å². The molecular weight excluding hydrogens is 348 g/mol. The molecule has 1 unspecified atom stereocenters.